The highest BCUT2D eigenvalue weighted by Gasteiger charge is 2.17. The number of nitrogens with two attached hydrogens (primary N) is 1. The third kappa shape index (κ3) is 2.10. The van der Waals surface area contributed by atoms with Gasteiger partial charge >= 0.3 is 0 Å². The van der Waals surface area contributed by atoms with Crippen molar-refractivity contribution in [3.63, 3.8) is 0 Å². The average Bonchev–Trinajstić information content (AvgIpc) is 2.53. The molecule has 1 aromatic heterocycles. The lowest BCUT2D eigenvalue weighted by Crippen LogP contribution is -2.20. The lowest BCUT2D eigenvalue weighted by molar-refractivity contribution is 0.476. The molecule has 0 saturated heterocycles. The largest absolute Gasteiger partial charge is 0.335 e. The Morgan fingerprint density at radius 3 is 2.69 bits per heavy atom. The van der Waals surface area contributed by atoms with Crippen molar-refractivity contribution in [3.8, 4) is 0 Å². The van der Waals surface area contributed by atoms with Gasteiger partial charge in [0.25, 0.3) is 0 Å². The number of aromatic nitrogens is 2. The van der Waals surface area contributed by atoms with Crippen molar-refractivity contribution in [2.45, 2.75) is 33.2 Å². The Balaban J connectivity index is 2.90. The quantitative estimate of drug-likeness (QED) is 0.766. The van der Waals surface area contributed by atoms with Gasteiger partial charge in [-0.05, 0) is 12.8 Å². The molecule has 1 unspecified atom stereocenters. The van der Waals surface area contributed by atoms with Crippen LogP contribution in [-0.4, -0.2) is 16.1 Å². The second-order valence-corrected chi connectivity index (χ2v) is 3.69. The van der Waals surface area contributed by atoms with E-state index in [4.69, 9.17) is 5.73 Å². The topological polar surface area (TPSA) is 43.8 Å². The molecule has 13 heavy (non-hydrogen) atoms. The molecule has 3 heteroatoms. The van der Waals surface area contributed by atoms with E-state index >= 15 is 0 Å². The van der Waals surface area contributed by atoms with Crippen LogP contribution in [0.1, 0.15) is 32.4 Å². The average molecular weight is 181 g/mol. The molecule has 0 amide bonds. The summed E-state index contributed by atoms with van der Waals surface area (Å²) in [6.45, 7) is 8.19. The molecule has 0 saturated carbocycles. The molecule has 0 aliphatic carbocycles. The first-order valence-electron chi connectivity index (χ1n) is 4.90. The van der Waals surface area contributed by atoms with Gasteiger partial charge in [0.05, 0.1) is 6.33 Å². The predicted molar refractivity (Wildman–Crippen MR) is 54.5 cm³/mol. The highest BCUT2D eigenvalue weighted by molar-refractivity contribution is 5.07. The normalized spacial score (nSPS) is 13.6. The Morgan fingerprint density at radius 1 is 1.54 bits per heavy atom. The van der Waals surface area contributed by atoms with Crippen LogP contribution in [0.5, 0.6) is 0 Å². The first kappa shape index (κ1) is 10.3. The van der Waals surface area contributed by atoms with E-state index in [0.717, 1.165) is 6.54 Å². The molecule has 1 heterocycles. The van der Waals surface area contributed by atoms with E-state index in [2.05, 4.69) is 30.3 Å². The fraction of sp³-hybridized carbons (Fsp3) is 0.700. The fourth-order valence-electron chi connectivity index (χ4n) is 1.64. The van der Waals surface area contributed by atoms with Crippen LogP contribution in [0.15, 0.2) is 12.5 Å². The van der Waals surface area contributed by atoms with Crippen LogP contribution < -0.4 is 5.73 Å². The Labute approximate surface area is 80.0 Å². The first-order valence-corrected chi connectivity index (χ1v) is 4.90. The summed E-state index contributed by atoms with van der Waals surface area (Å²) in [7, 11) is 0. The van der Waals surface area contributed by atoms with Crippen molar-refractivity contribution in [1.29, 1.82) is 0 Å². The molecule has 0 bridgehead atoms. The van der Waals surface area contributed by atoms with Crippen LogP contribution in [0, 0.1) is 5.92 Å². The summed E-state index contributed by atoms with van der Waals surface area (Å²) in [6.07, 6.45) is 3.81. The second-order valence-electron chi connectivity index (χ2n) is 3.69. The number of hydrogen-bond acceptors (Lipinski definition) is 2. The van der Waals surface area contributed by atoms with Crippen molar-refractivity contribution >= 4 is 0 Å². The minimum absolute atomic E-state index is 0.433. The molecule has 74 valence electrons. The van der Waals surface area contributed by atoms with Gasteiger partial charge in [0.2, 0.25) is 0 Å². The molecule has 0 aliphatic heterocycles. The maximum Gasteiger partial charge on any atom is 0.0948 e. The maximum atomic E-state index is 5.75. The number of nitrogens with zero attached hydrogens (tertiary/aromatic N) is 2. The van der Waals surface area contributed by atoms with E-state index in [1.165, 1.54) is 5.69 Å². The highest BCUT2D eigenvalue weighted by atomic mass is 15.0. The van der Waals surface area contributed by atoms with E-state index < -0.39 is 0 Å². The van der Waals surface area contributed by atoms with E-state index in [0.29, 0.717) is 18.4 Å². The lowest BCUT2D eigenvalue weighted by Gasteiger charge is -2.19. The standard InChI is InChI=1S/C10H19N3/c1-4-13-7-12-6-10(13)9(5-11)8(2)3/h6-9H,4-5,11H2,1-3H3. The molecule has 0 radical (unpaired) electrons. The van der Waals surface area contributed by atoms with Crippen LogP contribution >= 0.6 is 0 Å². The van der Waals surface area contributed by atoms with Gasteiger partial charge in [0.15, 0.2) is 0 Å². The number of aryl methyl sites for hydroxylation is 1. The number of rotatable bonds is 4. The Morgan fingerprint density at radius 2 is 2.23 bits per heavy atom. The lowest BCUT2D eigenvalue weighted by atomic mass is 9.93. The van der Waals surface area contributed by atoms with E-state index in [-0.39, 0.29) is 0 Å². The zero-order valence-electron chi connectivity index (χ0n) is 8.70. The molecular formula is C10H19N3. The summed E-state index contributed by atoms with van der Waals surface area (Å²) in [5.74, 6) is 1.01. The van der Waals surface area contributed by atoms with Crippen molar-refractivity contribution < 1.29 is 0 Å². The second kappa shape index (κ2) is 4.42. The molecule has 3 nitrogen and oxygen atoms in total. The SMILES string of the molecule is CCn1cncc1C(CN)C(C)C. The van der Waals surface area contributed by atoms with E-state index in [9.17, 15) is 0 Å². The molecule has 1 rings (SSSR count). The van der Waals surface area contributed by atoms with Gasteiger partial charge in [-0.3, -0.25) is 0 Å². The fourth-order valence-corrected chi connectivity index (χ4v) is 1.64. The van der Waals surface area contributed by atoms with Crippen LogP contribution in [0.4, 0.5) is 0 Å². The van der Waals surface area contributed by atoms with Crippen LogP contribution in [0.25, 0.3) is 0 Å². The molecule has 0 spiro atoms. The molecule has 0 aromatic carbocycles. The zero-order valence-corrected chi connectivity index (χ0v) is 8.70. The third-order valence-corrected chi connectivity index (χ3v) is 2.52. The molecule has 0 fully saturated rings. The molecular weight excluding hydrogens is 162 g/mol. The van der Waals surface area contributed by atoms with Crippen LogP contribution in [0.3, 0.4) is 0 Å². The minimum atomic E-state index is 0.433. The summed E-state index contributed by atoms with van der Waals surface area (Å²) in [6, 6.07) is 0. The third-order valence-electron chi connectivity index (χ3n) is 2.52. The van der Waals surface area contributed by atoms with E-state index in [1.54, 1.807) is 0 Å². The molecule has 1 atom stereocenters. The number of hydrogen-bond donors (Lipinski definition) is 1. The summed E-state index contributed by atoms with van der Waals surface area (Å²) in [4.78, 5) is 4.15. The van der Waals surface area contributed by atoms with Gasteiger partial charge in [-0.15, -0.1) is 0 Å². The summed E-state index contributed by atoms with van der Waals surface area (Å²) in [5.41, 5.74) is 7.01. The smallest absolute Gasteiger partial charge is 0.0948 e. The van der Waals surface area contributed by atoms with Crippen LogP contribution in [0.2, 0.25) is 0 Å². The Bertz CT molecular complexity index is 252. The summed E-state index contributed by atoms with van der Waals surface area (Å²) in [5, 5.41) is 0. The van der Waals surface area contributed by atoms with Gasteiger partial charge in [-0.2, -0.15) is 0 Å². The monoisotopic (exact) mass is 181 g/mol. The molecule has 0 aliphatic rings. The van der Waals surface area contributed by atoms with Gasteiger partial charge in [-0.25, -0.2) is 4.98 Å². The Hall–Kier alpha value is -0.830. The minimum Gasteiger partial charge on any atom is -0.335 e. The van der Waals surface area contributed by atoms with Crippen LogP contribution in [-0.2, 0) is 6.54 Å². The van der Waals surface area contributed by atoms with Gasteiger partial charge in [-0.1, -0.05) is 13.8 Å². The zero-order chi connectivity index (χ0) is 9.84. The summed E-state index contributed by atoms with van der Waals surface area (Å²) >= 11 is 0. The maximum absolute atomic E-state index is 5.75. The van der Waals surface area contributed by atoms with Crippen molar-refractivity contribution in [3.05, 3.63) is 18.2 Å². The molecule has 2 N–H and O–H groups in total. The first-order chi connectivity index (χ1) is 6.20. The van der Waals surface area contributed by atoms with Gasteiger partial charge in [0, 0.05) is 30.9 Å². The van der Waals surface area contributed by atoms with Gasteiger partial charge in [0.1, 0.15) is 0 Å². The van der Waals surface area contributed by atoms with Gasteiger partial charge < -0.3 is 10.3 Å². The predicted octanol–water partition coefficient (Wildman–Crippen LogP) is 1.60. The Kier molecular flexibility index (Phi) is 3.48. The van der Waals surface area contributed by atoms with Crippen molar-refractivity contribution in [1.82, 2.24) is 9.55 Å². The summed E-state index contributed by atoms with van der Waals surface area (Å²) < 4.78 is 2.16. The highest BCUT2D eigenvalue weighted by Crippen LogP contribution is 2.22. The van der Waals surface area contributed by atoms with E-state index in [1.807, 2.05) is 12.5 Å². The van der Waals surface area contributed by atoms with Crippen molar-refractivity contribution in [2.75, 3.05) is 6.54 Å². The molecule has 1 aromatic rings. The number of imidazole rings is 1. The van der Waals surface area contributed by atoms with Crippen molar-refractivity contribution in [2.24, 2.45) is 11.7 Å².